The van der Waals surface area contributed by atoms with Crippen LogP contribution in [0.4, 0.5) is 5.69 Å². The third-order valence-corrected chi connectivity index (χ3v) is 5.13. The van der Waals surface area contributed by atoms with Gasteiger partial charge in [-0.25, -0.2) is 0 Å². The first-order chi connectivity index (χ1) is 12.7. The largest absolute Gasteiger partial charge is 0.497 e. The Balaban J connectivity index is 1.40. The number of piperazine rings is 1. The Bertz CT molecular complexity index is 675. The maximum absolute atomic E-state index is 5.99. The topological polar surface area (TPSA) is 24.9 Å². The molecule has 1 aliphatic heterocycles. The van der Waals surface area contributed by atoms with Crippen LogP contribution in [0.1, 0.15) is 13.3 Å². The molecule has 2 aromatic rings. The van der Waals surface area contributed by atoms with Crippen molar-refractivity contribution in [3.63, 3.8) is 0 Å². The van der Waals surface area contributed by atoms with Crippen LogP contribution in [-0.4, -0.2) is 50.8 Å². The Labute approximate surface area is 161 Å². The summed E-state index contributed by atoms with van der Waals surface area (Å²) in [5.74, 6) is 1.75. The number of rotatable bonds is 7. The fourth-order valence-corrected chi connectivity index (χ4v) is 3.47. The van der Waals surface area contributed by atoms with Gasteiger partial charge in [0.25, 0.3) is 0 Å². The highest BCUT2D eigenvalue weighted by Crippen LogP contribution is 2.22. The summed E-state index contributed by atoms with van der Waals surface area (Å²) in [6.45, 7) is 7.26. The first-order valence-electron chi connectivity index (χ1n) is 9.17. The maximum atomic E-state index is 5.99. The van der Waals surface area contributed by atoms with Gasteiger partial charge in [-0.1, -0.05) is 11.6 Å². The van der Waals surface area contributed by atoms with Gasteiger partial charge in [-0.05, 0) is 61.9 Å². The summed E-state index contributed by atoms with van der Waals surface area (Å²) in [7, 11) is 1.67. The van der Waals surface area contributed by atoms with Crippen LogP contribution in [-0.2, 0) is 0 Å². The van der Waals surface area contributed by atoms with E-state index >= 15 is 0 Å². The lowest BCUT2D eigenvalue weighted by molar-refractivity contribution is 0.173. The highest BCUT2D eigenvalue weighted by Gasteiger charge is 2.23. The minimum Gasteiger partial charge on any atom is -0.497 e. The maximum Gasteiger partial charge on any atom is 0.119 e. The fourth-order valence-electron chi connectivity index (χ4n) is 3.34. The molecule has 0 N–H and O–H groups in total. The lowest BCUT2D eigenvalue weighted by Gasteiger charge is -2.41. The van der Waals surface area contributed by atoms with E-state index in [-0.39, 0.29) is 0 Å². The monoisotopic (exact) mass is 374 g/mol. The second-order valence-corrected chi connectivity index (χ2v) is 7.12. The molecule has 26 heavy (non-hydrogen) atoms. The van der Waals surface area contributed by atoms with Crippen molar-refractivity contribution in [2.45, 2.75) is 19.4 Å². The molecule has 0 unspecified atom stereocenters. The van der Waals surface area contributed by atoms with Crippen molar-refractivity contribution in [3.8, 4) is 11.5 Å². The first kappa shape index (κ1) is 18.9. The number of hydrogen-bond donors (Lipinski definition) is 0. The molecule has 4 nitrogen and oxygen atoms in total. The molecule has 0 spiro atoms. The molecule has 0 amide bonds. The van der Waals surface area contributed by atoms with Gasteiger partial charge in [0.05, 0.1) is 13.7 Å². The zero-order valence-corrected chi connectivity index (χ0v) is 16.3. The Kier molecular flexibility index (Phi) is 6.64. The van der Waals surface area contributed by atoms with Crippen molar-refractivity contribution >= 4 is 17.3 Å². The second kappa shape index (κ2) is 9.15. The summed E-state index contributed by atoms with van der Waals surface area (Å²) < 4.78 is 11.0. The van der Waals surface area contributed by atoms with Crippen molar-refractivity contribution < 1.29 is 9.47 Å². The number of ether oxygens (including phenoxy) is 2. The van der Waals surface area contributed by atoms with Gasteiger partial charge in [0.15, 0.2) is 0 Å². The van der Waals surface area contributed by atoms with Gasteiger partial charge in [0.1, 0.15) is 11.5 Å². The van der Waals surface area contributed by atoms with Gasteiger partial charge < -0.3 is 14.4 Å². The van der Waals surface area contributed by atoms with Crippen LogP contribution in [0.3, 0.4) is 0 Å². The summed E-state index contributed by atoms with van der Waals surface area (Å²) in [6.07, 6.45) is 1.03. The van der Waals surface area contributed by atoms with Crippen LogP contribution in [0.15, 0.2) is 48.5 Å². The van der Waals surface area contributed by atoms with Gasteiger partial charge in [-0.2, -0.15) is 0 Å². The summed E-state index contributed by atoms with van der Waals surface area (Å²) in [5, 5.41) is 0.789. The van der Waals surface area contributed by atoms with Crippen LogP contribution >= 0.6 is 11.6 Å². The standard InChI is InChI=1S/C21H27ClN2O2/c1-17-16-24(19-6-4-18(22)5-7-19)14-13-23(17)12-3-15-26-21-10-8-20(25-2)9-11-21/h4-11,17H,3,12-16H2,1-2H3/t17-/m1/s1. The molecule has 140 valence electrons. The van der Waals surface area contributed by atoms with Crippen molar-refractivity contribution in [1.82, 2.24) is 4.90 Å². The number of nitrogens with zero attached hydrogens (tertiary/aromatic N) is 2. The van der Waals surface area contributed by atoms with E-state index in [9.17, 15) is 0 Å². The predicted octanol–water partition coefficient (Wildman–Crippen LogP) is 4.33. The molecule has 0 aliphatic carbocycles. The zero-order valence-electron chi connectivity index (χ0n) is 15.5. The molecule has 1 fully saturated rings. The predicted molar refractivity (Wildman–Crippen MR) is 108 cm³/mol. The van der Waals surface area contributed by atoms with E-state index in [4.69, 9.17) is 21.1 Å². The fraction of sp³-hybridized carbons (Fsp3) is 0.429. The highest BCUT2D eigenvalue weighted by molar-refractivity contribution is 6.30. The van der Waals surface area contributed by atoms with Crippen molar-refractivity contribution in [3.05, 3.63) is 53.6 Å². The number of benzene rings is 2. The molecule has 0 aromatic heterocycles. The molecule has 0 radical (unpaired) electrons. The molecule has 3 rings (SSSR count). The molecule has 1 heterocycles. The molecule has 5 heteroatoms. The molecule has 1 saturated heterocycles. The lowest BCUT2D eigenvalue weighted by Crippen LogP contribution is -2.52. The van der Waals surface area contributed by atoms with Gasteiger partial charge in [-0.3, -0.25) is 4.90 Å². The summed E-state index contributed by atoms with van der Waals surface area (Å²) in [5.41, 5.74) is 1.25. The average Bonchev–Trinajstić information content (AvgIpc) is 2.67. The minimum atomic E-state index is 0.528. The molecular weight excluding hydrogens is 348 g/mol. The average molecular weight is 375 g/mol. The van der Waals surface area contributed by atoms with E-state index in [1.807, 2.05) is 36.4 Å². The normalized spacial score (nSPS) is 18.0. The molecular formula is C21H27ClN2O2. The molecule has 1 atom stereocenters. The van der Waals surface area contributed by atoms with Crippen LogP contribution < -0.4 is 14.4 Å². The summed E-state index contributed by atoms with van der Waals surface area (Å²) in [6, 6.07) is 16.4. The Morgan fingerprint density at radius 1 is 1.00 bits per heavy atom. The number of hydrogen-bond acceptors (Lipinski definition) is 4. The zero-order chi connectivity index (χ0) is 18.4. The van der Waals surface area contributed by atoms with Crippen LogP contribution in [0, 0.1) is 0 Å². The minimum absolute atomic E-state index is 0.528. The van der Waals surface area contributed by atoms with E-state index in [1.165, 1.54) is 5.69 Å². The number of anilines is 1. The SMILES string of the molecule is COc1ccc(OCCCN2CCN(c3ccc(Cl)cc3)C[C@H]2C)cc1. The summed E-state index contributed by atoms with van der Waals surface area (Å²) in [4.78, 5) is 4.98. The number of halogens is 1. The number of methoxy groups -OCH3 is 1. The van der Waals surface area contributed by atoms with Crippen LogP contribution in [0.5, 0.6) is 11.5 Å². The summed E-state index contributed by atoms with van der Waals surface area (Å²) >= 11 is 5.99. The van der Waals surface area contributed by atoms with E-state index in [0.717, 1.165) is 55.7 Å². The van der Waals surface area contributed by atoms with Crippen molar-refractivity contribution in [1.29, 1.82) is 0 Å². The second-order valence-electron chi connectivity index (χ2n) is 6.68. The van der Waals surface area contributed by atoms with E-state index in [0.29, 0.717) is 6.04 Å². The molecule has 0 bridgehead atoms. The van der Waals surface area contributed by atoms with E-state index in [2.05, 4.69) is 28.9 Å². The van der Waals surface area contributed by atoms with Gasteiger partial charge >= 0.3 is 0 Å². The molecule has 0 saturated carbocycles. The quantitative estimate of drug-likeness (QED) is 0.673. The molecule has 2 aromatic carbocycles. The first-order valence-corrected chi connectivity index (χ1v) is 9.55. The van der Waals surface area contributed by atoms with Crippen LogP contribution in [0.2, 0.25) is 5.02 Å². The van der Waals surface area contributed by atoms with Gasteiger partial charge in [0, 0.05) is 42.9 Å². The highest BCUT2D eigenvalue weighted by atomic mass is 35.5. The van der Waals surface area contributed by atoms with E-state index < -0.39 is 0 Å². The van der Waals surface area contributed by atoms with Gasteiger partial charge in [-0.15, -0.1) is 0 Å². The Hall–Kier alpha value is -1.91. The van der Waals surface area contributed by atoms with Crippen molar-refractivity contribution in [2.75, 3.05) is 44.8 Å². The smallest absolute Gasteiger partial charge is 0.119 e. The van der Waals surface area contributed by atoms with E-state index in [1.54, 1.807) is 7.11 Å². The van der Waals surface area contributed by atoms with Crippen LogP contribution in [0.25, 0.3) is 0 Å². The Morgan fingerprint density at radius 3 is 2.35 bits per heavy atom. The van der Waals surface area contributed by atoms with Crippen molar-refractivity contribution in [2.24, 2.45) is 0 Å². The third-order valence-electron chi connectivity index (χ3n) is 4.87. The third kappa shape index (κ3) is 5.05. The lowest BCUT2D eigenvalue weighted by atomic mass is 10.1. The Morgan fingerprint density at radius 2 is 1.69 bits per heavy atom. The molecule has 1 aliphatic rings. The van der Waals surface area contributed by atoms with Gasteiger partial charge in [0.2, 0.25) is 0 Å².